The Morgan fingerprint density at radius 2 is 1.42 bits per heavy atom. The topological polar surface area (TPSA) is 12.0 Å². The third-order valence-electron chi connectivity index (χ3n) is 3.31. The van der Waals surface area contributed by atoms with Crippen molar-refractivity contribution < 1.29 is 0 Å². The third kappa shape index (κ3) is 3.93. The molecule has 1 nitrogen and oxygen atoms in total. The van der Waals surface area contributed by atoms with Crippen molar-refractivity contribution >= 4 is 0 Å². The van der Waals surface area contributed by atoms with Gasteiger partial charge >= 0.3 is 0 Å². The van der Waals surface area contributed by atoms with Crippen molar-refractivity contribution in [1.29, 1.82) is 0 Å². The predicted octanol–water partition coefficient (Wildman–Crippen LogP) is 4.27. The smallest absolute Gasteiger partial charge is 0.0211 e. The van der Waals surface area contributed by atoms with E-state index in [1.165, 1.54) is 16.7 Å². The Bertz CT molecular complexity index is 509. The maximum absolute atomic E-state index is 3.53. The van der Waals surface area contributed by atoms with Gasteiger partial charge in [0.1, 0.15) is 0 Å². The molecule has 100 valence electrons. The van der Waals surface area contributed by atoms with E-state index in [4.69, 9.17) is 0 Å². The Labute approximate surface area is 116 Å². The standard InChI is InChI=1S/C18H23N/c1-18(2,3)17-12-8-7-11-16(17)14-19-13-15-9-5-4-6-10-15/h4-12,19H,13-14H2,1-3H3. The van der Waals surface area contributed by atoms with Crippen molar-refractivity contribution in [2.24, 2.45) is 0 Å². The van der Waals surface area contributed by atoms with Crippen LogP contribution in [0.25, 0.3) is 0 Å². The zero-order chi connectivity index (χ0) is 13.7. The fraction of sp³-hybridized carbons (Fsp3) is 0.333. The van der Waals surface area contributed by atoms with Crippen LogP contribution in [0.15, 0.2) is 54.6 Å². The molecule has 2 rings (SSSR count). The van der Waals surface area contributed by atoms with Crippen LogP contribution < -0.4 is 5.32 Å². The lowest BCUT2D eigenvalue weighted by molar-refractivity contribution is 0.573. The van der Waals surface area contributed by atoms with Gasteiger partial charge in [0.05, 0.1) is 0 Å². The lowest BCUT2D eigenvalue weighted by Crippen LogP contribution is -2.19. The van der Waals surface area contributed by atoms with Crippen LogP contribution in [-0.4, -0.2) is 0 Å². The maximum Gasteiger partial charge on any atom is 0.0211 e. The van der Waals surface area contributed by atoms with Crippen LogP contribution >= 0.6 is 0 Å². The molecule has 0 bridgehead atoms. The summed E-state index contributed by atoms with van der Waals surface area (Å²) in [6.07, 6.45) is 0. The monoisotopic (exact) mass is 253 g/mol. The Morgan fingerprint density at radius 3 is 2.11 bits per heavy atom. The zero-order valence-electron chi connectivity index (χ0n) is 12.1. The Balaban J connectivity index is 2.00. The molecule has 2 aromatic rings. The summed E-state index contributed by atoms with van der Waals surface area (Å²) in [7, 11) is 0. The van der Waals surface area contributed by atoms with Gasteiger partial charge < -0.3 is 5.32 Å². The van der Waals surface area contributed by atoms with Gasteiger partial charge in [-0.15, -0.1) is 0 Å². The van der Waals surface area contributed by atoms with Crippen molar-refractivity contribution in [3.63, 3.8) is 0 Å². The first-order chi connectivity index (χ1) is 9.07. The van der Waals surface area contributed by atoms with Gasteiger partial charge in [-0.3, -0.25) is 0 Å². The van der Waals surface area contributed by atoms with E-state index >= 15 is 0 Å². The highest BCUT2D eigenvalue weighted by Gasteiger charge is 2.16. The van der Waals surface area contributed by atoms with E-state index in [2.05, 4.69) is 80.7 Å². The number of benzene rings is 2. The minimum absolute atomic E-state index is 0.199. The maximum atomic E-state index is 3.53. The molecule has 0 unspecified atom stereocenters. The fourth-order valence-electron chi connectivity index (χ4n) is 2.34. The Morgan fingerprint density at radius 1 is 0.789 bits per heavy atom. The number of hydrogen-bond donors (Lipinski definition) is 1. The molecule has 0 spiro atoms. The summed E-state index contributed by atoms with van der Waals surface area (Å²) in [5, 5.41) is 3.53. The molecule has 0 saturated carbocycles. The summed E-state index contributed by atoms with van der Waals surface area (Å²) in [6, 6.07) is 19.2. The quantitative estimate of drug-likeness (QED) is 0.858. The molecule has 0 aliphatic heterocycles. The summed E-state index contributed by atoms with van der Waals surface area (Å²) in [4.78, 5) is 0. The first kappa shape index (κ1) is 13.8. The van der Waals surface area contributed by atoms with E-state index in [1.807, 2.05) is 0 Å². The highest BCUT2D eigenvalue weighted by molar-refractivity contribution is 5.32. The molecule has 0 amide bonds. The van der Waals surface area contributed by atoms with Crippen molar-refractivity contribution in [3.05, 3.63) is 71.3 Å². The van der Waals surface area contributed by atoms with E-state index in [-0.39, 0.29) is 5.41 Å². The third-order valence-corrected chi connectivity index (χ3v) is 3.31. The molecule has 0 atom stereocenters. The predicted molar refractivity (Wildman–Crippen MR) is 82.1 cm³/mol. The minimum Gasteiger partial charge on any atom is -0.309 e. The summed E-state index contributed by atoms with van der Waals surface area (Å²) in [6.45, 7) is 8.64. The SMILES string of the molecule is CC(C)(C)c1ccccc1CNCc1ccccc1. The van der Waals surface area contributed by atoms with Crippen LogP contribution in [0, 0.1) is 0 Å². The molecule has 0 saturated heterocycles. The summed E-state index contributed by atoms with van der Waals surface area (Å²) >= 11 is 0. The largest absolute Gasteiger partial charge is 0.309 e. The normalized spacial score (nSPS) is 11.5. The molecule has 0 aromatic heterocycles. The van der Waals surface area contributed by atoms with Crippen molar-refractivity contribution in [2.75, 3.05) is 0 Å². The highest BCUT2D eigenvalue weighted by atomic mass is 14.8. The summed E-state index contributed by atoms with van der Waals surface area (Å²) in [5.74, 6) is 0. The van der Waals surface area contributed by atoms with Crippen molar-refractivity contribution in [2.45, 2.75) is 39.3 Å². The van der Waals surface area contributed by atoms with Gasteiger partial charge in [-0.05, 0) is 22.1 Å². The first-order valence-corrected chi connectivity index (χ1v) is 6.90. The van der Waals surface area contributed by atoms with Gasteiger partial charge in [-0.2, -0.15) is 0 Å². The van der Waals surface area contributed by atoms with Gasteiger partial charge in [0.15, 0.2) is 0 Å². The summed E-state index contributed by atoms with van der Waals surface area (Å²) in [5.41, 5.74) is 4.35. The zero-order valence-corrected chi connectivity index (χ0v) is 12.1. The molecule has 0 heterocycles. The summed E-state index contributed by atoms with van der Waals surface area (Å²) < 4.78 is 0. The second-order valence-corrected chi connectivity index (χ2v) is 6.00. The molecule has 0 fully saturated rings. The van der Waals surface area contributed by atoms with Gasteiger partial charge in [-0.25, -0.2) is 0 Å². The van der Waals surface area contributed by atoms with E-state index in [9.17, 15) is 0 Å². The molecule has 0 aliphatic carbocycles. The van der Waals surface area contributed by atoms with Crippen molar-refractivity contribution in [3.8, 4) is 0 Å². The molecular formula is C18H23N. The van der Waals surface area contributed by atoms with Crippen LogP contribution in [0.2, 0.25) is 0 Å². The number of rotatable bonds is 4. The van der Waals surface area contributed by atoms with Gasteiger partial charge in [-0.1, -0.05) is 75.4 Å². The van der Waals surface area contributed by atoms with Gasteiger partial charge in [0.25, 0.3) is 0 Å². The van der Waals surface area contributed by atoms with E-state index in [0.29, 0.717) is 0 Å². The van der Waals surface area contributed by atoms with Crippen LogP contribution in [0.1, 0.15) is 37.5 Å². The van der Waals surface area contributed by atoms with Crippen LogP contribution in [-0.2, 0) is 18.5 Å². The molecule has 1 heteroatoms. The molecule has 19 heavy (non-hydrogen) atoms. The van der Waals surface area contributed by atoms with Crippen LogP contribution in [0.4, 0.5) is 0 Å². The van der Waals surface area contributed by atoms with Crippen molar-refractivity contribution in [1.82, 2.24) is 5.32 Å². The van der Waals surface area contributed by atoms with Gasteiger partial charge in [0.2, 0.25) is 0 Å². The molecule has 2 aromatic carbocycles. The van der Waals surface area contributed by atoms with E-state index in [1.54, 1.807) is 0 Å². The Hall–Kier alpha value is -1.60. The molecule has 1 N–H and O–H groups in total. The van der Waals surface area contributed by atoms with E-state index in [0.717, 1.165) is 13.1 Å². The number of nitrogens with one attached hydrogen (secondary N) is 1. The first-order valence-electron chi connectivity index (χ1n) is 6.90. The Kier molecular flexibility index (Phi) is 4.39. The average molecular weight is 253 g/mol. The van der Waals surface area contributed by atoms with Gasteiger partial charge in [0, 0.05) is 13.1 Å². The average Bonchev–Trinajstić information content (AvgIpc) is 2.39. The fourth-order valence-corrected chi connectivity index (χ4v) is 2.34. The minimum atomic E-state index is 0.199. The van der Waals surface area contributed by atoms with E-state index < -0.39 is 0 Å². The number of hydrogen-bond acceptors (Lipinski definition) is 1. The lowest BCUT2D eigenvalue weighted by atomic mass is 9.84. The molecular weight excluding hydrogens is 230 g/mol. The second-order valence-electron chi connectivity index (χ2n) is 6.00. The van der Waals surface area contributed by atoms with Crippen LogP contribution in [0.3, 0.4) is 0 Å². The molecule has 0 aliphatic rings. The highest BCUT2D eigenvalue weighted by Crippen LogP contribution is 2.25. The lowest BCUT2D eigenvalue weighted by Gasteiger charge is -2.23. The second kappa shape index (κ2) is 6.03. The van der Waals surface area contributed by atoms with Crippen LogP contribution in [0.5, 0.6) is 0 Å². The molecule has 0 radical (unpaired) electrons.